The summed E-state index contributed by atoms with van der Waals surface area (Å²) in [5.74, 6) is 1.03. The van der Waals surface area contributed by atoms with Crippen molar-refractivity contribution in [2.24, 2.45) is 0 Å². The molecule has 1 aliphatic rings. The van der Waals surface area contributed by atoms with Gasteiger partial charge in [-0.2, -0.15) is 0 Å². The summed E-state index contributed by atoms with van der Waals surface area (Å²) in [5.41, 5.74) is 3.31. The van der Waals surface area contributed by atoms with Gasteiger partial charge < -0.3 is 4.74 Å². The van der Waals surface area contributed by atoms with E-state index in [1.54, 1.807) is 7.11 Å². The quantitative estimate of drug-likeness (QED) is 0.723. The van der Waals surface area contributed by atoms with Crippen LogP contribution in [0.1, 0.15) is 23.6 Å². The number of ether oxygens (including phenoxy) is 1. The molecule has 134 valence electrons. The fraction of sp³-hybridized carbons (Fsp3) is 0.238. The van der Waals surface area contributed by atoms with E-state index in [0.717, 1.165) is 28.2 Å². The van der Waals surface area contributed by atoms with Gasteiger partial charge in [0.2, 0.25) is 0 Å². The molecular formula is C21H21NO3S. The molecule has 5 heteroatoms. The summed E-state index contributed by atoms with van der Waals surface area (Å²) < 4.78 is 5.16. The fourth-order valence-electron chi connectivity index (χ4n) is 2.86. The van der Waals surface area contributed by atoms with E-state index >= 15 is 0 Å². The van der Waals surface area contributed by atoms with Gasteiger partial charge in [0.1, 0.15) is 5.75 Å². The number of amides is 2. The molecule has 1 heterocycles. The van der Waals surface area contributed by atoms with Crippen molar-refractivity contribution in [1.82, 2.24) is 4.90 Å². The number of imide groups is 1. The number of carbonyl (C=O) groups excluding carboxylic acids is 2. The summed E-state index contributed by atoms with van der Waals surface area (Å²) in [4.78, 5) is 27.8. The number of nitrogens with zero attached hydrogens (tertiary/aromatic N) is 1. The fourth-order valence-corrected chi connectivity index (χ4v) is 3.74. The molecule has 2 aromatic rings. The number of carbonyl (C=O) groups is 2. The lowest BCUT2D eigenvalue weighted by atomic mass is 10.0. The van der Waals surface area contributed by atoms with E-state index < -0.39 is 0 Å². The first-order chi connectivity index (χ1) is 12.5. The second kappa shape index (κ2) is 7.79. The van der Waals surface area contributed by atoms with Gasteiger partial charge in [0.15, 0.2) is 0 Å². The van der Waals surface area contributed by atoms with Crippen molar-refractivity contribution in [1.29, 1.82) is 0 Å². The Bertz CT molecular complexity index is 854. The lowest BCUT2D eigenvalue weighted by molar-refractivity contribution is -0.137. The Balaban J connectivity index is 1.91. The first-order valence-electron chi connectivity index (χ1n) is 8.48. The van der Waals surface area contributed by atoms with Gasteiger partial charge >= 0.3 is 0 Å². The van der Waals surface area contributed by atoms with Crippen LogP contribution in [0, 0.1) is 6.92 Å². The van der Waals surface area contributed by atoms with Crippen LogP contribution < -0.4 is 4.74 Å². The standard InChI is InChI=1S/C21H21NO3S/c1-4-26-19-18(16-9-5-14(2)6-10-16)20(23)22(21(19)24)13-15-7-11-17(25-3)12-8-15/h5-12H,4,13H2,1-3H3. The molecule has 0 spiro atoms. The molecule has 0 unspecified atom stereocenters. The molecule has 0 atom stereocenters. The van der Waals surface area contributed by atoms with E-state index in [2.05, 4.69) is 0 Å². The van der Waals surface area contributed by atoms with Crippen molar-refractivity contribution < 1.29 is 14.3 Å². The number of hydrogen-bond donors (Lipinski definition) is 0. The molecule has 0 radical (unpaired) electrons. The SMILES string of the molecule is CCSC1=C(c2ccc(C)cc2)C(=O)N(Cc2ccc(OC)cc2)C1=O. The van der Waals surface area contributed by atoms with Crippen LogP contribution in [0.4, 0.5) is 0 Å². The van der Waals surface area contributed by atoms with Crippen LogP contribution in [-0.4, -0.2) is 29.6 Å². The first-order valence-corrected chi connectivity index (χ1v) is 9.47. The molecule has 2 amide bonds. The van der Waals surface area contributed by atoms with E-state index in [0.29, 0.717) is 10.5 Å². The second-order valence-electron chi connectivity index (χ2n) is 6.05. The molecule has 4 nitrogen and oxygen atoms in total. The maximum Gasteiger partial charge on any atom is 0.268 e. The Hall–Kier alpha value is -2.53. The van der Waals surface area contributed by atoms with Gasteiger partial charge in [-0.25, -0.2) is 0 Å². The molecular weight excluding hydrogens is 346 g/mol. The van der Waals surface area contributed by atoms with Gasteiger partial charge in [-0.15, -0.1) is 11.8 Å². The average molecular weight is 367 g/mol. The van der Waals surface area contributed by atoms with E-state index in [1.165, 1.54) is 16.7 Å². The summed E-state index contributed by atoms with van der Waals surface area (Å²) >= 11 is 1.43. The molecule has 0 fully saturated rings. The third kappa shape index (κ3) is 3.53. The van der Waals surface area contributed by atoms with Crippen molar-refractivity contribution in [3.8, 4) is 5.75 Å². The molecule has 0 N–H and O–H groups in total. The van der Waals surface area contributed by atoms with Crippen LogP contribution in [-0.2, 0) is 16.1 Å². The van der Waals surface area contributed by atoms with Crippen molar-refractivity contribution in [3.05, 3.63) is 70.1 Å². The highest BCUT2D eigenvalue weighted by atomic mass is 32.2. The van der Waals surface area contributed by atoms with Crippen molar-refractivity contribution in [2.75, 3.05) is 12.9 Å². The lowest BCUT2D eigenvalue weighted by Crippen LogP contribution is -2.30. The Kier molecular flexibility index (Phi) is 5.47. The van der Waals surface area contributed by atoms with Gasteiger partial charge in [0.05, 0.1) is 24.1 Å². The van der Waals surface area contributed by atoms with Gasteiger partial charge in [0, 0.05) is 0 Å². The molecule has 3 rings (SSSR count). The number of thioether (sulfide) groups is 1. The second-order valence-corrected chi connectivity index (χ2v) is 7.32. The zero-order valence-electron chi connectivity index (χ0n) is 15.1. The van der Waals surface area contributed by atoms with Crippen LogP contribution in [0.15, 0.2) is 53.4 Å². The number of hydrogen-bond acceptors (Lipinski definition) is 4. The number of benzene rings is 2. The minimum Gasteiger partial charge on any atom is -0.497 e. The van der Waals surface area contributed by atoms with Crippen LogP contribution in [0.5, 0.6) is 5.75 Å². The minimum atomic E-state index is -0.231. The largest absolute Gasteiger partial charge is 0.497 e. The summed E-state index contributed by atoms with van der Waals surface area (Å²) in [6, 6.07) is 15.1. The van der Waals surface area contributed by atoms with Gasteiger partial charge in [0.25, 0.3) is 11.8 Å². The van der Waals surface area contributed by atoms with E-state index in [4.69, 9.17) is 4.74 Å². The topological polar surface area (TPSA) is 46.6 Å². The highest BCUT2D eigenvalue weighted by Gasteiger charge is 2.38. The predicted molar refractivity (Wildman–Crippen MR) is 105 cm³/mol. The number of methoxy groups -OCH3 is 1. The smallest absolute Gasteiger partial charge is 0.268 e. The predicted octanol–water partition coefficient (Wildman–Crippen LogP) is 4.04. The summed E-state index contributed by atoms with van der Waals surface area (Å²) in [7, 11) is 1.61. The van der Waals surface area contributed by atoms with E-state index in [1.807, 2.05) is 62.4 Å². The maximum absolute atomic E-state index is 13.0. The minimum absolute atomic E-state index is 0.215. The Morgan fingerprint density at radius 1 is 0.962 bits per heavy atom. The molecule has 0 aromatic heterocycles. The normalized spacial score (nSPS) is 14.3. The average Bonchev–Trinajstić information content (AvgIpc) is 2.88. The van der Waals surface area contributed by atoms with Gasteiger partial charge in [-0.1, -0.05) is 48.9 Å². The van der Waals surface area contributed by atoms with Crippen LogP contribution >= 0.6 is 11.8 Å². The van der Waals surface area contributed by atoms with Gasteiger partial charge in [-0.3, -0.25) is 14.5 Å². The number of aryl methyl sites for hydroxylation is 1. The molecule has 26 heavy (non-hydrogen) atoms. The molecule has 1 aliphatic heterocycles. The summed E-state index contributed by atoms with van der Waals surface area (Å²) in [5, 5.41) is 0. The highest BCUT2D eigenvalue weighted by molar-refractivity contribution is 8.04. The molecule has 0 aliphatic carbocycles. The van der Waals surface area contributed by atoms with E-state index in [-0.39, 0.29) is 18.4 Å². The zero-order valence-corrected chi connectivity index (χ0v) is 15.9. The Morgan fingerprint density at radius 3 is 2.19 bits per heavy atom. The molecule has 0 saturated carbocycles. The lowest BCUT2D eigenvalue weighted by Gasteiger charge is -2.15. The molecule has 0 bridgehead atoms. The Labute approximate surface area is 157 Å². The molecule has 0 saturated heterocycles. The van der Waals surface area contributed by atoms with Crippen LogP contribution in [0.2, 0.25) is 0 Å². The monoisotopic (exact) mass is 367 g/mol. The van der Waals surface area contributed by atoms with Crippen molar-refractivity contribution >= 4 is 29.1 Å². The first kappa shape index (κ1) is 18.3. The van der Waals surface area contributed by atoms with Crippen molar-refractivity contribution in [3.63, 3.8) is 0 Å². The Morgan fingerprint density at radius 2 is 1.62 bits per heavy atom. The number of rotatable bonds is 6. The third-order valence-electron chi connectivity index (χ3n) is 4.25. The summed E-state index contributed by atoms with van der Waals surface area (Å²) in [6.07, 6.45) is 0. The third-order valence-corrected chi connectivity index (χ3v) is 5.21. The van der Waals surface area contributed by atoms with E-state index in [9.17, 15) is 9.59 Å². The molecule has 2 aromatic carbocycles. The van der Waals surface area contributed by atoms with Crippen LogP contribution in [0.3, 0.4) is 0 Å². The summed E-state index contributed by atoms with van der Waals surface area (Å²) in [6.45, 7) is 4.23. The van der Waals surface area contributed by atoms with Gasteiger partial charge in [-0.05, 0) is 35.9 Å². The highest BCUT2D eigenvalue weighted by Crippen LogP contribution is 2.36. The zero-order chi connectivity index (χ0) is 18.7. The van der Waals surface area contributed by atoms with Crippen LogP contribution in [0.25, 0.3) is 5.57 Å². The van der Waals surface area contributed by atoms with Crippen molar-refractivity contribution in [2.45, 2.75) is 20.4 Å². The maximum atomic E-state index is 13.0.